The number of thioether (sulfide) groups is 1. The number of hydrogen-bond donors (Lipinski definition) is 0. The van der Waals surface area contributed by atoms with E-state index < -0.39 is 0 Å². The number of benzene rings is 2. The monoisotopic (exact) mass is 368 g/mol. The summed E-state index contributed by atoms with van der Waals surface area (Å²) in [7, 11) is 0. The van der Waals surface area contributed by atoms with Gasteiger partial charge < -0.3 is 0 Å². The predicted octanol–water partition coefficient (Wildman–Crippen LogP) is 5.54. The average molecular weight is 368 g/mol. The SMILES string of the molecule is CC[C@H](C)N1C(=O)/C(=C\c2ccc(F)cc2)SC1=Nc1ccc(C)cc1. The van der Waals surface area contributed by atoms with Gasteiger partial charge in [-0.05, 0) is 67.9 Å². The highest BCUT2D eigenvalue weighted by molar-refractivity contribution is 8.18. The molecular formula is C21H21FN2OS. The van der Waals surface area contributed by atoms with Crippen LogP contribution in [0.1, 0.15) is 31.4 Å². The van der Waals surface area contributed by atoms with E-state index in [1.54, 1.807) is 23.1 Å². The van der Waals surface area contributed by atoms with Crippen LogP contribution in [0.15, 0.2) is 58.4 Å². The van der Waals surface area contributed by atoms with Crippen LogP contribution >= 0.6 is 11.8 Å². The molecule has 0 N–H and O–H groups in total. The highest BCUT2D eigenvalue weighted by atomic mass is 32.2. The van der Waals surface area contributed by atoms with E-state index in [1.165, 1.54) is 29.5 Å². The Morgan fingerprint density at radius 3 is 2.42 bits per heavy atom. The molecule has 1 amide bonds. The van der Waals surface area contributed by atoms with Gasteiger partial charge in [0.15, 0.2) is 5.17 Å². The lowest BCUT2D eigenvalue weighted by atomic mass is 10.2. The Bertz CT molecular complexity index is 857. The lowest BCUT2D eigenvalue weighted by molar-refractivity contribution is -0.123. The standard InChI is InChI=1S/C21H21FN2OS/c1-4-15(3)24-20(25)19(13-16-7-9-17(22)10-8-16)26-21(24)23-18-11-5-14(2)6-12-18/h5-13,15H,4H2,1-3H3/b19-13+,23-21?/t15-/m0/s1. The fourth-order valence-corrected chi connectivity index (χ4v) is 3.67. The maximum Gasteiger partial charge on any atom is 0.266 e. The molecule has 0 unspecified atom stereocenters. The molecule has 2 aromatic carbocycles. The van der Waals surface area contributed by atoms with Crippen LogP contribution in [-0.2, 0) is 4.79 Å². The number of carbonyl (C=O) groups excluding carboxylic acids is 1. The molecule has 134 valence electrons. The van der Waals surface area contributed by atoms with Crippen LogP contribution in [0.2, 0.25) is 0 Å². The number of aryl methyl sites for hydroxylation is 1. The van der Waals surface area contributed by atoms with Crippen LogP contribution in [0, 0.1) is 12.7 Å². The molecule has 1 aliphatic heterocycles. The third-order valence-corrected chi connectivity index (χ3v) is 5.28. The maximum atomic E-state index is 13.1. The van der Waals surface area contributed by atoms with E-state index in [-0.39, 0.29) is 17.8 Å². The van der Waals surface area contributed by atoms with Crippen LogP contribution in [0.25, 0.3) is 6.08 Å². The summed E-state index contributed by atoms with van der Waals surface area (Å²) in [5.74, 6) is -0.347. The van der Waals surface area contributed by atoms with Crippen molar-refractivity contribution in [2.45, 2.75) is 33.2 Å². The van der Waals surface area contributed by atoms with E-state index in [0.29, 0.717) is 10.1 Å². The summed E-state index contributed by atoms with van der Waals surface area (Å²) in [6, 6.07) is 14.1. The number of carbonyl (C=O) groups is 1. The number of nitrogens with zero attached hydrogens (tertiary/aromatic N) is 2. The van der Waals surface area contributed by atoms with Crippen LogP contribution in [-0.4, -0.2) is 22.0 Å². The minimum Gasteiger partial charge on any atom is -0.284 e. The molecule has 1 aliphatic rings. The summed E-state index contributed by atoms with van der Waals surface area (Å²) in [4.78, 5) is 20.0. The average Bonchev–Trinajstić information content (AvgIpc) is 2.93. The summed E-state index contributed by atoms with van der Waals surface area (Å²) in [5, 5.41) is 0.682. The van der Waals surface area contributed by atoms with Gasteiger partial charge in [0.05, 0.1) is 10.6 Å². The Balaban J connectivity index is 1.96. The molecule has 0 bridgehead atoms. The van der Waals surface area contributed by atoms with Crippen LogP contribution in [0.4, 0.5) is 10.1 Å². The summed E-state index contributed by atoms with van der Waals surface area (Å²) < 4.78 is 13.1. The zero-order valence-corrected chi connectivity index (χ0v) is 15.9. The highest BCUT2D eigenvalue weighted by Crippen LogP contribution is 2.36. The molecule has 0 aliphatic carbocycles. The zero-order chi connectivity index (χ0) is 18.7. The van der Waals surface area contributed by atoms with Gasteiger partial charge in [0.2, 0.25) is 0 Å². The first kappa shape index (κ1) is 18.4. The summed E-state index contributed by atoms with van der Waals surface area (Å²) in [6.07, 6.45) is 2.63. The Kier molecular flexibility index (Phi) is 5.57. The first-order valence-corrected chi connectivity index (χ1v) is 9.43. The molecule has 0 radical (unpaired) electrons. The van der Waals surface area contributed by atoms with Crippen LogP contribution in [0.3, 0.4) is 0 Å². The van der Waals surface area contributed by atoms with Crippen molar-refractivity contribution in [3.05, 3.63) is 70.4 Å². The zero-order valence-electron chi connectivity index (χ0n) is 15.1. The van der Waals surface area contributed by atoms with E-state index in [4.69, 9.17) is 0 Å². The first-order valence-electron chi connectivity index (χ1n) is 8.62. The Morgan fingerprint density at radius 1 is 1.15 bits per heavy atom. The van der Waals surface area contributed by atoms with Crippen molar-refractivity contribution < 1.29 is 9.18 Å². The molecule has 3 rings (SSSR count). The second kappa shape index (κ2) is 7.87. The topological polar surface area (TPSA) is 32.7 Å². The Hall–Kier alpha value is -2.40. The summed E-state index contributed by atoms with van der Waals surface area (Å²) in [6.45, 7) is 6.09. The molecule has 1 atom stereocenters. The molecule has 1 fully saturated rings. The van der Waals surface area contributed by atoms with Crippen molar-refractivity contribution in [1.82, 2.24) is 4.90 Å². The fraction of sp³-hybridized carbons (Fsp3) is 0.238. The van der Waals surface area contributed by atoms with Crippen molar-refractivity contribution >= 4 is 34.6 Å². The number of amides is 1. The van der Waals surface area contributed by atoms with E-state index >= 15 is 0 Å². The van der Waals surface area contributed by atoms with Gasteiger partial charge in [-0.2, -0.15) is 0 Å². The van der Waals surface area contributed by atoms with E-state index in [0.717, 1.165) is 17.7 Å². The molecule has 5 heteroatoms. The third-order valence-electron chi connectivity index (χ3n) is 4.29. The lowest BCUT2D eigenvalue weighted by Crippen LogP contribution is -2.36. The predicted molar refractivity (Wildman–Crippen MR) is 107 cm³/mol. The molecule has 1 heterocycles. The summed E-state index contributed by atoms with van der Waals surface area (Å²) in [5.41, 5.74) is 2.78. The largest absolute Gasteiger partial charge is 0.284 e. The second-order valence-electron chi connectivity index (χ2n) is 6.32. The molecule has 3 nitrogen and oxygen atoms in total. The normalized spacial score (nSPS) is 18.8. The molecular weight excluding hydrogens is 347 g/mol. The van der Waals surface area contributed by atoms with Gasteiger partial charge >= 0.3 is 0 Å². The number of hydrogen-bond acceptors (Lipinski definition) is 3. The minimum absolute atomic E-state index is 0.0540. The van der Waals surface area contributed by atoms with Gasteiger partial charge in [-0.3, -0.25) is 9.69 Å². The van der Waals surface area contributed by atoms with Gasteiger partial charge in [0.1, 0.15) is 5.82 Å². The van der Waals surface area contributed by atoms with Gasteiger partial charge in [-0.15, -0.1) is 0 Å². The fourth-order valence-electron chi connectivity index (χ4n) is 2.58. The lowest BCUT2D eigenvalue weighted by Gasteiger charge is -2.22. The molecule has 0 saturated carbocycles. The van der Waals surface area contributed by atoms with Crippen LogP contribution in [0.5, 0.6) is 0 Å². The van der Waals surface area contributed by atoms with Gasteiger partial charge in [0, 0.05) is 6.04 Å². The molecule has 2 aromatic rings. The van der Waals surface area contributed by atoms with Crippen molar-refractivity contribution in [3.8, 4) is 0 Å². The van der Waals surface area contributed by atoms with Crippen LogP contribution < -0.4 is 0 Å². The van der Waals surface area contributed by atoms with Crippen molar-refractivity contribution in [2.75, 3.05) is 0 Å². The van der Waals surface area contributed by atoms with E-state index in [9.17, 15) is 9.18 Å². The smallest absolute Gasteiger partial charge is 0.266 e. The molecule has 26 heavy (non-hydrogen) atoms. The van der Waals surface area contributed by atoms with Crippen molar-refractivity contribution in [1.29, 1.82) is 0 Å². The highest BCUT2D eigenvalue weighted by Gasteiger charge is 2.36. The number of halogens is 1. The second-order valence-corrected chi connectivity index (χ2v) is 7.33. The van der Waals surface area contributed by atoms with Crippen molar-refractivity contribution in [2.24, 2.45) is 4.99 Å². The number of rotatable bonds is 4. The van der Waals surface area contributed by atoms with Crippen molar-refractivity contribution in [3.63, 3.8) is 0 Å². The molecule has 1 saturated heterocycles. The number of amidine groups is 1. The van der Waals surface area contributed by atoms with Gasteiger partial charge in [-0.1, -0.05) is 36.8 Å². The third kappa shape index (κ3) is 4.05. The van der Waals surface area contributed by atoms with Gasteiger partial charge in [-0.25, -0.2) is 9.38 Å². The van der Waals surface area contributed by atoms with E-state index in [2.05, 4.69) is 4.99 Å². The number of aliphatic imine (C=N–C) groups is 1. The molecule has 0 spiro atoms. The van der Waals surface area contributed by atoms with Gasteiger partial charge in [0.25, 0.3) is 5.91 Å². The Labute approximate surface area is 157 Å². The minimum atomic E-state index is -0.291. The summed E-state index contributed by atoms with van der Waals surface area (Å²) >= 11 is 1.36. The maximum absolute atomic E-state index is 13.1. The molecule has 0 aromatic heterocycles. The Morgan fingerprint density at radius 2 is 1.81 bits per heavy atom. The quantitative estimate of drug-likeness (QED) is 0.664. The first-order chi connectivity index (χ1) is 12.5. The van der Waals surface area contributed by atoms with E-state index in [1.807, 2.05) is 45.0 Å².